The number of nitrogens with one attached hydrogen (secondary N) is 1. The van der Waals surface area contributed by atoms with Gasteiger partial charge < -0.3 is 10.2 Å². The fourth-order valence-corrected chi connectivity index (χ4v) is 6.12. The second kappa shape index (κ2) is 13.5. The fourth-order valence-electron chi connectivity index (χ4n) is 3.93. The molecule has 2 amide bonds. The van der Waals surface area contributed by atoms with Gasteiger partial charge in [0.05, 0.1) is 21.2 Å². The van der Waals surface area contributed by atoms with Crippen LogP contribution in [-0.2, 0) is 32.3 Å². The van der Waals surface area contributed by atoms with E-state index in [4.69, 9.17) is 34.8 Å². The van der Waals surface area contributed by atoms with Gasteiger partial charge in [-0.05, 0) is 68.8 Å². The quantitative estimate of drug-likeness (QED) is 0.258. The van der Waals surface area contributed by atoms with Crippen LogP contribution in [0.1, 0.15) is 31.9 Å². The normalized spacial score (nSPS) is 12.6. The highest BCUT2D eigenvalue weighted by molar-refractivity contribution is 7.92. The van der Waals surface area contributed by atoms with Gasteiger partial charge in [0, 0.05) is 22.6 Å². The number of amides is 2. The number of carbonyl (C=O) groups is 2. The molecule has 0 saturated heterocycles. The number of nitrogens with zero attached hydrogens (tertiary/aromatic N) is 2. The Hall–Kier alpha value is -2.99. The van der Waals surface area contributed by atoms with E-state index in [1.807, 2.05) is 0 Å². The zero-order chi connectivity index (χ0) is 31.4. The van der Waals surface area contributed by atoms with E-state index in [0.29, 0.717) is 27.0 Å². The van der Waals surface area contributed by atoms with E-state index in [0.717, 1.165) is 11.0 Å². The monoisotopic (exact) mass is 663 g/mol. The lowest BCUT2D eigenvalue weighted by Gasteiger charge is -2.33. The van der Waals surface area contributed by atoms with E-state index in [-0.39, 0.29) is 27.5 Å². The zero-order valence-electron chi connectivity index (χ0n) is 22.6. The van der Waals surface area contributed by atoms with Crippen molar-refractivity contribution in [1.82, 2.24) is 10.2 Å². The summed E-state index contributed by atoms with van der Waals surface area (Å²) in [7, 11) is -4.63. The van der Waals surface area contributed by atoms with Crippen LogP contribution in [0.2, 0.25) is 15.1 Å². The van der Waals surface area contributed by atoms with Crippen molar-refractivity contribution in [3.63, 3.8) is 0 Å². The third-order valence-corrected chi connectivity index (χ3v) is 8.79. The van der Waals surface area contributed by atoms with Crippen LogP contribution in [0.25, 0.3) is 0 Å². The molecule has 1 unspecified atom stereocenters. The van der Waals surface area contributed by atoms with Gasteiger partial charge in [0.1, 0.15) is 12.6 Å². The first-order chi connectivity index (χ1) is 19.5. The molecule has 14 heteroatoms. The Labute approximate surface area is 257 Å². The minimum atomic E-state index is -4.83. The Bertz CT molecular complexity index is 1550. The van der Waals surface area contributed by atoms with Gasteiger partial charge in [-0.3, -0.25) is 13.9 Å². The molecule has 7 nitrogen and oxygen atoms in total. The number of sulfonamides is 1. The van der Waals surface area contributed by atoms with Gasteiger partial charge in [-0.1, -0.05) is 59.1 Å². The first-order valence-electron chi connectivity index (χ1n) is 12.5. The van der Waals surface area contributed by atoms with Gasteiger partial charge in [0.15, 0.2) is 0 Å². The third-order valence-electron chi connectivity index (χ3n) is 6.11. The summed E-state index contributed by atoms with van der Waals surface area (Å²) in [6.45, 7) is 3.65. The van der Waals surface area contributed by atoms with Crippen molar-refractivity contribution in [2.24, 2.45) is 0 Å². The van der Waals surface area contributed by atoms with Crippen LogP contribution >= 0.6 is 34.8 Å². The minimum absolute atomic E-state index is 0.187. The van der Waals surface area contributed by atoms with Crippen molar-refractivity contribution >= 4 is 62.3 Å². The fraction of sp³-hybridized carbons (Fsp3) is 0.286. The lowest BCUT2D eigenvalue weighted by molar-refractivity contribution is -0.139. The van der Waals surface area contributed by atoms with Crippen LogP contribution in [-0.4, -0.2) is 43.8 Å². The van der Waals surface area contributed by atoms with Crippen LogP contribution < -0.4 is 9.62 Å². The van der Waals surface area contributed by atoms with Gasteiger partial charge >= 0.3 is 6.18 Å². The van der Waals surface area contributed by atoms with Crippen LogP contribution in [0, 0.1) is 0 Å². The number of hydrogen-bond donors (Lipinski definition) is 1. The Morgan fingerprint density at radius 2 is 1.55 bits per heavy atom. The summed E-state index contributed by atoms with van der Waals surface area (Å²) in [6, 6.07) is 12.1. The number of hydrogen-bond acceptors (Lipinski definition) is 4. The standard InChI is InChI=1S/C28H27Cl3F3N3O4S/c1-17(2)35-27(39)18(3)36(15-19-9-11-21(29)14-24(19)31)26(38)16-37(42(40,41)22-7-5-4-6-8-22)25-13-20(28(32,33)34)10-12-23(25)30/h4-14,17-18H,15-16H2,1-3H3,(H,35,39). The molecule has 42 heavy (non-hydrogen) atoms. The first kappa shape index (κ1) is 33.5. The summed E-state index contributed by atoms with van der Waals surface area (Å²) in [6.07, 6.45) is -4.83. The Balaban J connectivity index is 2.15. The SMILES string of the molecule is CC(C)NC(=O)C(C)N(Cc1ccc(Cl)cc1Cl)C(=O)CN(c1cc(C(F)(F)F)ccc1Cl)S(=O)(=O)c1ccccc1. The molecule has 0 radical (unpaired) electrons. The van der Waals surface area contributed by atoms with E-state index < -0.39 is 51.9 Å². The van der Waals surface area contributed by atoms with Gasteiger partial charge in [0.2, 0.25) is 11.8 Å². The third kappa shape index (κ3) is 8.09. The molecule has 0 aliphatic heterocycles. The highest BCUT2D eigenvalue weighted by Crippen LogP contribution is 2.37. The number of benzene rings is 3. The molecule has 226 valence electrons. The molecule has 0 saturated carbocycles. The van der Waals surface area contributed by atoms with Crippen LogP contribution in [0.3, 0.4) is 0 Å². The smallest absolute Gasteiger partial charge is 0.352 e. The van der Waals surface area contributed by atoms with Crippen LogP contribution in [0.15, 0.2) is 71.6 Å². The zero-order valence-corrected chi connectivity index (χ0v) is 25.7. The largest absolute Gasteiger partial charge is 0.416 e. The van der Waals surface area contributed by atoms with Crippen molar-refractivity contribution in [3.8, 4) is 0 Å². The number of alkyl halides is 3. The number of rotatable bonds is 10. The molecule has 0 bridgehead atoms. The van der Waals surface area contributed by atoms with Crippen molar-refractivity contribution in [2.45, 2.75) is 50.5 Å². The number of halogens is 6. The van der Waals surface area contributed by atoms with E-state index >= 15 is 0 Å². The highest BCUT2D eigenvalue weighted by atomic mass is 35.5. The molecule has 3 aromatic rings. The summed E-state index contributed by atoms with van der Waals surface area (Å²) < 4.78 is 69.0. The van der Waals surface area contributed by atoms with Gasteiger partial charge in [-0.25, -0.2) is 8.42 Å². The van der Waals surface area contributed by atoms with Gasteiger partial charge in [0.25, 0.3) is 10.0 Å². The Morgan fingerprint density at radius 1 is 0.905 bits per heavy atom. The molecule has 1 atom stereocenters. The molecular formula is C28H27Cl3F3N3O4S. The highest BCUT2D eigenvalue weighted by Gasteiger charge is 2.36. The average Bonchev–Trinajstić information content (AvgIpc) is 2.90. The predicted octanol–water partition coefficient (Wildman–Crippen LogP) is 6.80. The van der Waals surface area contributed by atoms with Crippen LogP contribution in [0.5, 0.6) is 0 Å². The summed E-state index contributed by atoms with van der Waals surface area (Å²) >= 11 is 18.6. The summed E-state index contributed by atoms with van der Waals surface area (Å²) in [5, 5.41) is 2.87. The molecule has 0 spiro atoms. The topological polar surface area (TPSA) is 86.8 Å². The molecule has 3 aromatic carbocycles. The lowest BCUT2D eigenvalue weighted by Crippen LogP contribution is -2.52. The Morgan fingerprint density at radius 3 is 2.12 bits per heavy atom. The van der Waals surface area contributed by atoms with Crippen LogP contribution in [0.4, 0.5) is 18.9 Å². The second-order valence-electron chi connectivity index (χ2n) is 9.59. The molecule has 0 aliphatic rings. The maximum Gasteiger partial charge on any atom is 0.416 e. The lowest BCUT2D eigenvalue weighted by atomic mass is 10.1. The van der Waals surface area contributed by atoms with E-state index in [1.54, 1.807) is 26.0 Å². The van der Waals surface area contributed by atoms with Crippen molar-refractivity contribution < 1.29 is 31.2 Å². The maximum atomic E-state index is 13.9. The summed E-state index contributed by atoms with van der Waals surface area (Å²) in [5.41, 5.74) is -1.34. The molecule has 1 N–H and O–H groups in total. The second-order valence-corrected chi connectivity index (χ2v) is 12.7. The number of anilines is 1. The summed E-state index contributed by atoms with van der Waals surface area (Å²) in [5.74, 6) is -1.45. The number of carbonyl (C=O) groups excluding carboxylic acids is 2. The van der Waals surface area contributed by atoms with E-state index in [2.05, 4.69) is 5.32 Å². The van der Waals surface area contributed by atoms with Crippen molar-refractivity contribution in [2.75, 3.05) is 10.8 Å². The minimum Gasteiger partial charge on any atom is -0.352 e. The van der Waals surface area contributed by atoms with E-state index in [9.17, 15) is 31.2 Å². The average molecular weight is 665 g/mol. The molecular weight excluding hydrogens is 638 g/mol. The molecule has 0 fully saturated rings. The molecule has 3 rings (SSSR count). The molecule has 0 heterocycles. The molecule has 0 aliphatic carbocycles. The molecule has 0 aromatic heterocycles. The van der Waals surface area contributed by atoms with Gasteiger partial charge in [-0.15, -0.1) is 0 Å². The van der Waals surface area contributed by atoms with E-state index in [1.165, 1.54) is 43.3 Å². The maximum absolute atomic E-state index is 13.9. The Kier molecular flexibility index (Phi) is 10.8. The first-order valence-corrected chi connectivity index (χ1v) is 15.1. The predicted molar refractivity (Wildman–Crippen MR) is 157 cm³/mol. The van der Waals surface area contributed by atoms with Crippen molar-refractivity contribution in [1.29, 1.82) is 0 Å². The van der Waals surface area contributed by atoms with Crippen molar-refractivity contribution in [3.05, 3.63) is 92.9 Å². The van der Waals surface area contributed by atoms with Gasteiger partial charge in [-0.2, -0.15) is 13.2 Å². The summed E-state index contributed by atoms with van der Waals surface area (Å²) in [4.78, 5) is 27.7.